The van der Waals surface area contributed by atoms with Gasteiger partial charge in [-0.2, -0.15) is 5.10 Å². The summed E-state index contributed by atoms with van der Waals surface area (Å²) < 4.78 is 1.60. The van der Waals surface area contributed by atoms with Gasteiger partial charge in [-0.1, -0.05) is 0 Å². The highest BCUT2D eigenvalue weighted by Gasteiger charge is 2.25. The predicted molar refractivity (Wildman–Crippen MR) is 93.9 cm³/mol. The molecule has 0 saturated carbocycles. The van der Waals surface area contributed by atoms with E-state index in [1.165, 1.54) is 12.8 Å². The maximum atomic E-state index is 12.3. The Kier molecular flexibility index (Phi) is 4.16. The predicted octanol–water partition coefficient (Wildman–Crippen LogP) is 0.955. The van der Waals surface area contributed by atoms with Gasteiger partial charge in [0.15, 0.2) is 10.8 Å². The molecular formula is C16H20N6O2S. The Labute approximate surface area is 149 Å². The Morgan fingerprint density at radius 1 is 1.28 bits per heavy atom. The summed E-state index contributed by atoms with van der Waals surface area (Å²) in [5, 5.41) is 10.1. The summed E-state index contributed by atoms with van der Waals surface area (Å²) >= 11 is 1.61. The smallest absolute Gasteiger partial charge is 0.272 e. The zero-order chi connectivity index (χ0) is 17.4. The number of likely N-dealkylation sites (N-methyl/N-ethyl adjacent to an activating group) is 1. The Morgan fingerprint density at radius 3 is 2.88 bits per heavy atom. The average Bonchev–Trinajstić information content (AvgIpc) is 3.35. The highest BCUT2D eigenvalue weighted by Crippen LogP contribution is 2.24. The van der Waals surface area contributed by atoms with Crippen LogP contribution in [0.25, 0.3) is 0 Å². The number of hydrogen-bond acceptors (Lipinski definition) is 6. The van der Waals surface area contributed by atoms with E-state index in [0.29, 0.717) is 25.3 Å². The largest absolute Gasteiger partial charge is 0.348 e. The van der Waals surface area contributed by atoms with E-state index in [2.05, 4.69) is 20.3 Å². The molecule has 0 aliphatic carbocycles. The highest BCUT2D eigenvalue weighted by atomic mass is 32.1. The Hall–Kier alpha value is -2.42. The Bertz CT molecular complexity index is 807. The van der Waals surface area contributed by atoms with Crippen molar-refractivity contribution in [2.24, 2.45) is 0 Å². The van der Waals surface area contributed by atoms with Crippen molar-refractivity contribution in [2.75, 3.05) is 31.6 Å². The third-order valence-electron chi connectivity index (χ3n) is 4.57. The number of rotatable bonds is 4. The van der Waals surface area contributed by atoms with Crippen molar-refractivity contribution in [2.45, 2.75) is 25.9 Å². The molecule has 1 N–H and O–H groups in total. The molecule has 0 spiro atoms. The molecule has 8 nitrogen and oxygen atoms in total. The molecular weight excluding hydrogens is 340 g/mol. The topological polar surface area (TPSA) is 83.4 Å². The molecule has 2 aromatic heterocycles. The van der Waals surface area contributed by atoms with Crippen LogP contribution in [0, 0.1) is 0 Å². The molecule has 0 bridgehead atoms. The van der Waals surface area contributed by atoms with E-state index >= 15 is 0 Å². The third-order valence-corrected chi connectivity index (χ3v) is 5.52. The van der Waals surface area contributed by atoms with Gasteiger partial charge in [-0.25, -0.2) is 4.98 Å². The molecule has 4 rings (SSSR count). The lowest BCUT2D eigenvalue weighted by molar-refractivity contribution is 0.0742. The van der Waals surface area contributed by atoms with Gasteiger partial charge in [0.25, 0.3) is 11.8 Å². The first-order chi connectivity index (χ1) is 12.1. The molecule has 0 atom stereocenters. The second-order valence-corrected chi connectivity index (χ2v) is 7.20. The Morgan fingerprint density at radius 2 is 2.08 bits per heavy atom. The first-order valence-electron chi connectivity index (χ1n) is 8.42. The van der Waals surface area contributed by atoms with E-state index in [1.54, 1.807) is 34.0 Å². The fourth-order valence-corrected chi connectivity index (χ4v) is 3.98. The molecule has 25 heavy (non-hydrogen) atoms. The van der Waals surface area contributed by atoms with Crippen molar-refractivity contribution in [3.8, 4) is 0 Å². The van der Waals surface area contributed by atoms with Gasteiger partial charge in [-0.15, -0.1) is 11.3 Å². The normalized spacial score (nSPS) is 17.1. The summed E-state index contributed by atoms with van der Waals surface area (Å²) in [5.74, 6) is -0.388. The van der Waals surface area contributed by atoms with Gasteiger partial charge in [-0.05, 0) is 12.8 Å². The number of aromatic nitrogens is 3. The lowest BCUT2D eigenvalue weighted by atomic mass is 10.2. The molecule has 2 amide bonds. The van der Waals surface area contributed by atoms with E-state index in [9.17, 15) is 9.59 Å². The zero-order valence-corrected chi connectivity index (χ0v) is 14.9. The van der Waals surface area contributed by atoms with Crippen molar-refractivity contribution >= 4 is 28.3 Å². The molecule has 2 aliphatic rings. The minimum Gasteiger partial charge on any atom is -0.348 e. The molecule has 0 radical (unpaired) electrons. The van der Waals surface area contributed by atoms with Gasteiger partial charge in [-0.3, -0.25) is 14.3 Å². The standard InChI is InChI=1S/C16H20N6O2S/c1-20-6-7-22-13(15(20)24)8-12(19-22)14(23)17-9-11-10-25-16(18-11)21-4-2-3-5-21/h8,10H,2-7,9H2,1H3,(H,17,23). The van der Waals surface area contributed by atoms with Crippen LogP contribution in [0.3, 0.4) is 0 Å². The van der Waals surface area contributed by atoms with Gasteiger partial charge < -0.3 is 15.1 Å². The minimum absolute atomic E-state index is 0.104. The van der Waals surface area contributed by atoms with Crippen LogP contribution >= 0.6 is 11.3 Å². The van der Waals surface area contributed by atoms with Gasteiger partial charge >= 0.3 is 0 Å². The number of amides is 2. The minimum atomic E-state index is -0.284. The van der Waals surface area contributed by atoms with Crippen LogP contribution in [0.4, 0.5) is 5.13 Å². The highest BCUT2D eigenvalue weighted by molar-refractivity contribution is 7.13. The quantitative estimate of drug-likeness (QED) is 0.878. The van der Waals surface area contributed by atoms with Crippen LogP contribution in [0.5, 0.6) is 0 Å². The number of fused-ring (bicyclic) bond motifs is 1. The van der Waals surface area contributed by atoms with Gasteiger partial charge in [0, 0.05) is 38.1 Å². The molecule has 2 aromatic rings. The van der Waals surface area contributed by atoms with E-state index in [0.717, 1.165) is 23.9 Å². The maximum absolute atomic E-state index is 12.3. The molecule has 1 saturated heterocycles. The van der Waals surface area contributed by atoms with Crippen LogP contribution < -0.4 is 10.2 Å². The van der Waals surface area contributed by atoms with Crippen molar-refractivity contribution in [3.05, 3.63) is 28.5 Å². The summed E-state index contributed by atoms with van der Waals surface area (Å²) in [4.78, 5) is 32.9. The molecule has 4 heterocycles. The summed E-state index contributed by atoms with van der Waals surface area (Å²) in [6.45, 7) is 3.69. The number of thiazole rings is 1. The zero-order valence-electron chi connectivity index (χ0n) is 14.1. The number of hydrogen-bond donors (Lipinski definition) is 1. The second kappa shape index (κ2) is 6.47. The van der Waals surface area contributed by atoms with Crippen molar-refractivity contribution < 1.29 is 9.59 Å². The lowest BCUT2D eigenvalue weighted by Crippen LogP contribution is -2.37. The molecule has 0 aromatic carbocycles. The van der Waals surface area contributed by atoms with E-state index < -0.39 is 0 Å². The fraction of sp³-hybridized carbons (Fsp3) is 0.500. The van der Waals surface area contributed by atoms with Crippen molar-refractivity contribution in [3.63, 3.8) is 0 Å². The van der Waals surface area contributed by atoms with Crippen LogP contribution in [0.1, 0.15) is 39.5 Å². The first-order valence-corrected chi connectivity index (χ1v) is 9.30. The monoisotopic (exact) mass is 360 g/mol. The maximum Gasteiger partial charge on any atom is 0.272 e. The van der Waals surface area contributed by atoms with Gasteiger partial charge in [0.1, 0.15) is 5.69 Å². The van der Waals surface area contributed by atoms with E-state index in [4.69, 9.17) is 0 Å². The number of nitrogens with zero attached hydrogens (tertiary/aromatic N) is 5. The third kappa shape index (κ3) is 3.11. The van der Waals surface area contributed by atoms with Gasteiger partial charge in [0.2, 0.25) is 0 Å². The number of anilines is 1. The van der Waals surface area contributed by atoms with Crippen LogP contribution in [-0.4, -0.2) is 58.2 Å². The molecule has 2 aliphatic heterocycles. The van der Waals surface area contributed by atoms with Crippen LogP contribution in [0.15, 0.2) is 11.4 Å². The molecule has 132 valence electrons. The summed E-state index contributed by atoms with van der Waals surface area (Å²) in [6.07, 6.45) is 2.43. The molecule has 0 unspecified atom stereocenters. The fourth-order valence-electron chi connectivity index (χ4n) is 3.10. The van der Waals surface area contributed by atoms with Crippen molar-refractivity contribution in [1.29, 1.82) is 0 Å². The van der Waals surface area contributed by atoms with Crippen LogP contribution in [0.2, 0.25) is 0 Å². The summed E-state index contributed by atoms with van der Waals surface area (Å²) in [7, 11) is 1.75. The number of nitrogens with one attached hydrogen (secondary N) is 1. The van der Waals surface area contributed by atoms with Gasteiger partial charge in [0.05, 0.1) is 18.8 Å². The van der Waals surface area contributed by atoms with E-state index in [1.807, 2.05) is 5.38 Å². The lowest BCUT2D eigenvalue weighted by Gasteiger charge is -2.22. The van der Waals surface area contributed by atoms with Crippen LogP contribution in [-0.2, 0) is 13.1 Å². The Balaban J connectivity index is 1.39. The first kappa shape index (κ1) is 16.1. The van der Waals surface area contributed by atoms with Crippen molar-refractivity contribution in [1.82, 2.24) is 25.0 Å². The summed E-state index contributed by atoms with van der Waals surface area (Å²) in [6, 6.07) is 1.56. The number of carbonyl (C=O) groups is 2. The average molecular weight is 360 g/mol. The summed E-state index contributed by atoms with van der Waals surface area (Å²) in [5.41, 5.74) is 1.58. The second-order valence-electron chi connectivity index (χ2n) is 6.36. The van der Waals surface area contributed by atoms with E-state index in [-0.39, 0.29) is 17.5 Å². The molecule has 9 heteroatoms. The SMILES string of the molecule is CN1CCn2nc(C(=O)NCc3csc(N4CCCC4)n3)cc2C1=O. The number of carbonyl (C=O) groups excluding carboxylic acids is 2. The molecule has 1 fully saturated rings.